The Labute approximate surface area is 356 Å². The SMILES string of the molecule is CC/C=C/C/C=C/C/C=C/CCCCCCCCCCCCCC(=O)OC(COCCC(C(=O)O)[N+](C)(C)C)COC(=O)CCCCC/C=C/CCCCCCCC. The van der Waals surface area contributed by atoms with Gasteiger partial charge >= 0.3 is 17.9 Å². The van der Waals surface area contributed by atoms with Crippen LogP contribution in [0.2, 0.25) is 0 Å². The van der Waals surface area contributed by atoms with E-state index in [2.05, 4.69) is 62.5 Å². The number of allylic oxidation sites excluding steroid dienone is 8. The molecule has 0 amide bonds. The molecule has 0 heterocycles. The number of hydrogen-bond donors (Lipinski definition) is 1. The van der Waals surface area contributed by atoms with E-state index < -0.39 is 18.1 Å². The molecule has 0 aromatic heterocycles. The number of unbranched alkanes of at least 4 members (excludes halogenated alkanes) is 20. The van der Waals surface area contributed by atoms with Gasteiger partial charge in [-0.2, -0.15) is 0 Å². The number of esters is 2. The van der Waals surface area contributed by atoms with Gasteiger partial charge in [0.2, 0.25) is 0 Å². The van der Waals surface area contributed by atoms with E-state index in [0.29, 0.717) is 19.3 Å². The minimum Gasteiger partial charge on any atom is -0.477 e. The van der Waals surface area contributed by atoms with E-state index in [-0.39, 0.29) is 36.2 Å². The van der Waals surface area contributed by atoms with Gasteiger partial charge in [-0.3, -0.25) is 9.59 Å². The molecule has 0 aliphatic carbocycles. The van der Waals surface area contributed by atoms with Crippen molar-refractivity contribution < 1.29 is 38.2 Å². The number of nitrogens with zero attached hydrogens (tertiary/aromatic N) is 1. The molecule has 1 N–H and O–H groups in total. The van der Waals surface area contributed by atoms with Crippen LogP contribution in [-0.2, 0) is 28.6 Å². The Balaban J connectivity index is 4.28. The Morgan fingerprint density at radius 3 is 1.47 bits per heavy atom. The molecule has 0 spiro atoms. The van der Waals surface area contributed by atoms with Gasteiger partial charge < -0.3 is 23.8 Å². The second-order valence-electron chi connectivity index (χ2n) is 17.0. The predicted molar refractivity (Wildman–Crippen MR) is 243 cm³/mol. The molecule has 2 unspecified atom stereocenters. The minimum atomic E-state index is -0.877. The quantitative estimate of drug-likeness (QED) is 0.0283. The highest BCUT2D eigenvalue weighted by Gasteiger charge is 2.31. The Kier molecular flexibility index (Phi) is 39.1. The highest BCUT2D eigenvalue weighted by molar-refractivity contribution is 5.72. The maximum atomic E-state index is 12.8. The number of aliphatic carboxylic acids is 1. The molecule has 0 saturated carbocycles. The van der Waals surface area contributed by atoms with Crippen molar-refractivity contribution in [1.29, 1.82) is 0 Å². The molecule has 0 aliphatic rings. The molecule has 2 atom stereocenters. The topological polar surface area (TPSA) is 99.1 Å². The average Bonchev–Trinajstić information content (AvgIpc) is 3.18. The normalized spacial score (nSPS) is 13.3. The van der Waals surface area contributed by atoms with Crippen LogP contribution in [0, 0.1) is 0 Å². The molecule has 0 radical (unpaired) electrons. The first-order valence-electron chi connectivity index (χ1n) is 23.7. The predicted octanol–water partition coefficient (Wildman–Crippen LogP) is 13.2. The highest BCUT2D eigenvalue weighted by atomic mass is 16.6. The van der Waals surface area contributed by atoms with Gasteiger partial charge in [0.1, 0.15) is 6.61 Å². The van der Waals surface area contributed by atoms with E-state index in [0.717, 1.165) is 70.6 Å². The lowest BCUT2D eigenvalue weighted by atomic mass is 10.0. The number of likely N-dealkylation sites (N-methyl/N-ethyl adjacent to an activating group) is 1. The van der Waals surface area contributed by atoms with Crippen LogP contribution in [-0.4, -0.2) is 80.6 Å². The van der Waals surface area contributed by atoms with Crippen LogP contribution in [0.25, 0.3) is 0 Å². The van der Waals surface area contributed by atoms with Crippen molar-refractivity contribution in [1.82, 2.24) is 0 Å². The lowest BCUT2D eigenvalue weighted by molar-refractivity contribution is -0.887. The van der Waals surface area contributed by atoms with Crippen molar-refractivity contribution >= 4 is 17.9 Å². The smallest absolute Gasteiger partial charge is 0.362 e. The Bertz CT molecular complexity index is 1090. The maximum absolute atomic E-state index is 12.8. The summed E-state index contributed by atoms with van der Waals surface area (Å²) in [6.07, 6.45) is 48.7. The third kappa shape index (κ3) is 38.8. The van der Waals surface area contributed by atoms with Crippen LogP contribution in [0.3, 0.4) is 0 Å². The van der Waals surface area contributed by atoms with Gasteiger partial charge in [-0.05, 0) is 70.6 Å². The van der Waals surface area contributed by atoms with Crippen LogP contribution in [0.15, 0.2) is 48.6 Å². The van der Waals surface area contributed by atoms with E-state index in [1.807, 2.05) is 21.1 Å². The van der Waals surface area contributed by atoms with Crippen LogP contribution >= 0.6 is 0 Å². The second-order valence-corrected chi connectivity index (χ2v) is 17.0. The summed E-state index contributed by atoms with van der Waals surface area (Å²) in [6.45, 7) is 4.61. The number of carboxylic acids is 1. The molecule has 0 aromatic carbocycles. The van der Waals surface area contributed by atoms with Crippen LogP contribution in [0.1, 0.15) is 200 Å². The van der Waals surface area contributed by atoms with Gasteiger partial charge in [-0.15, -0.1) is 0 Å². The van der Waals surface area contributed by atoms with Crippen molar-refractivity contribution in [2.75, 3.05) is 41.0 Å². The average molecular weight is 817 g/mol. The number of quaternary nitrogens is 1. The number of carbonyl (C=O) groups is 3. The van der Waals surface area contributed by atoms with Gasteiger partial charge in [0.15, 0.2) is 12.1 Å². The summed E-state index contributed by atoms with van der Waals surface area (Å²) in [6, 6.07) is -0.617. The molecule has 8 nitrogen and oxygen atoms in total. The number of hydrogen-bond acceptors (Lipinski definition) is 6. The lowest BCUT2D eigenvalue weighted by Gasteiger charge is -2.31. The van der Waals surface area contributed by atoms with E-state index >= 15 is 0 Å². The molecule has 0 rings (SSSR count). The lowest BCUT2D eigenvalue weighted by Crippen LogP contribution is -2.50. The van der Waals surface area contributed by atoms with Gasteiger partial charge in [-0.1, -0.05) is 159 Å². The third-order valence-electron chi connectivity index (χ3n) is 10.5. The molecule has 8 heteroatoms. The molecular formula is C50H90NO7+. The fourth-order valence-electron chi connectivity index (χ4n) is 6.81. The van der Waals surface area contributed by atoms with Gasteiger partial charge in [-0.25, -0.2) is 4.79 Å². The largest absolute Gasteiger partial charge is 0.477 e. The fourth-order valence-corrected chi connectivity index (χ4v) is 6.81. The monoisotopic (exact) mass is 817 g/mol. The molecule has 0 fully saturated rings. The van der Waals surface area contributed by atoms with Crippen molar-refractivity contribution in [2.45, 2.75) is 212 Å². The fraction of sp³-hybridized carbons (Fsp3) is 0.780. The first-order valence-corrected chi connectivity index (χ1v) is 23.7. The summed E-state index contributed by atoms with van der Waals surface area (Å²) in [5.41, 5.74) is 0. The van der Waals surface area contributed by atoms with E-state index in [1.54, 1.807) is 0 Å². The number of carboxylic acid groups (broad SMARTS) is 1. The standard InChI is InChI=1S/C50H89NO7/c1-6-8-10-12-14-16-18-20-21-22-23-24-25-26-27-29-31-33-35-37-39-41-49(53)58-46(44-56-43-42-47(50(54)55)51(3,4)5)45-57-48(52)40-38-36-34-32-30-28-19-17-15-13-11-9-7-2/h8,10,14,16,20-21,28,30,46-47H,6-7,9,11-13,15,17-19,22-27,29,31-45H2,1-5H3/p+1/b10-8+,16-14+,21-20+,30-28+. The Morgan fingerprint density at radius 2 is 0.966 bits per heavy atom. The number of carbonyl (C=O) groups excluding carboxylic acids is 2. The van der Waals surface area contributed by atoms with Gasteiger partial charge in [0.05, 0.1) is 34.4 Å². The Morgan fingerprint density at radius 1 is 0.534 bits per heavy atom. The number of ether oxygens (including phenoxy) is 3. The zero-order valence-electron chi connectivity index (χ0n) is 38.2. The maximum Gasteiger partial charge on any atom is 0.362 e. The highest BCUT2D eigenvalue weighted by Crippen LogP contribution is 2.15. The van der Waals surface area contributed by atoms with E-state index in [1.165, 1.54) is 96.3 Å². The van der Waals surface area contributed by atoms with Crippen molar-refractivity contribution in [2.24, 2.45) is 0 Å². The molecule has 0 aromatic rings. The van der Waals surface area contributed by atoms with Crippen molar-refractivity contribution in [3.8, 4) is 0 Å². The molecule has 0 aliphatic heterocycles. The number of rotatable bonds is 42. The van der Waals surface area contributed by atoms with E-state index in [4.69, 9.17) is 14.2 Å². The summed E-state index contributed by atoms with van der Waals surface area (Å²) >= 11 is 0. The molecule has 58 heavy (non-hydrogen) atoms. The summed E-state index contributed by atoms with van der Waals surface area (Å²) in [5.74, 6) is -1.49. The third-order valence-corrected chi connectivity index (χ3v) is 10.5. The molecule has 336 valence electrons. The molecule has 0 saturated heterocycles. The van der Waals surface area contributed by atoms with Crippen molar-refractivity contribution in [3.63, 3.8) is 0 Å². The second kappa shape index (κ2) is 41.0. The zero-order chi connectivity index (χ0) is 42.8. The summed E-state index contributed by atoms with van der Waals surface area (Å²) < 4.78 is 17.3. The Hall–Kier alpha value is -2.71. The van der Waals surface area contributed by atoms with Gasteiger partial charge in [0.25, 0.3) is 0 Å². The molecule has 0 bridgehead atoms. The van der Waals surface area contributed by atoms with Crippen LogP contribution in [0.5, 0.6) is 0 Å². The van der Waals surface area contributed by atoms with Crippen LogP contribution < -0.4 is 0 Å². The van der Waals surface area contributed by atoms with Crippen molar-refractivity contribution in [3.05, 3.63) is 48.6 Å². The summed E-state index contributed by atoms with van der Waals surface area (Å²) in [5, 5.41) is 9.63. The van der Waals surface area contributed by atoms with E-state index in [9.17, 15) is 19.5 Å². The summed E-state index contributed by atoms with van der Waals surface area (Å²) in [7, 11) is 5.52. The minimum absolute atomic E-state index is 0.0556. The van der Waals surface area contributed by atoms with Gasteiger partial charge in [0, 0.05) is 19.3 Å². The first-order chi connectivity index (χ1) is 28.1. The first kappa shape index (κ1) is 55.3. The zero-order valence-corrected chi connectivity index (χ0v) is 38.2. The summed E-state index contributed by atoms with van der Waals surface area (Å²) in [4.78, 5) is 37.0. The van der Waals surface area contributed by atoms with Crippen LogP contribution in [0.4, 0.5) is 0 Å². The molecular weight excluding hydrogens is 727 g/mol.